The first-order valence-corrected chi connectivity index (χ1v) is 8.89. The van der Waals surface area contributed by atoms with E-state index in [9.17, 15) is 13.2 Å². The fraction of sp³-hybridized carbons (Fsp3) is 0.714. The van der Waals surface area contributed by atoms with Gasteiger partial charge in [-0.05, 0) is 20.8 Å². The highest BCUT2D eigenvalue weighted by molar-refractivity contribution is 7.89. The van der Waals surface area contributed by atoms with E-state index in [0.717, 1.165) is 0 Å². The summed E-state index contributed by atoms with van der Waals surface area (Å²) in [5.41, 5.74) is -0.120. The molecule has 8 nitrogen and oxygen atoms in total. The number of nitrogens with zero attached hydrogens (tertiary/aromatic N) is 3. The number of rotatable bonds is 4. The molecular formula is C14H21N3O5S. The Morgan fingerprint density at radius 1 is 1.35 bits per heavy atom. The van der Waals surface area contributed by atoms with Gasteiger partial charge in [0.1, 0.15) is 10.6 Å². The van der Waals surface area contributed by atoms with E-state index in [1.54, 1.807) is 25.8 Å². The lowest BCUT2D eigenvalue weighted by Gasteiger charge is -2.47. The highest BCUT2D eigenvalue weighted by Crippen LogP contribution is 2.32. The molecule has 128 valence electrons. The number of likely N-dealkylation sites (N-methyl/N-ethyl adjacent to an activating group) is 1. The summed E-state index contributed by atoms with van der Waals surface area (Å²) in [6, 6.07) is -0.116. The van der Waals surface area contributed by atoms with Gasteiger partial charge in [0.15, 0.2) is 5.76 Å². The predicted octanol–water partition coefficient (Wildman–Crippen LogP) is 0.159. The quantitative estimate of drug-likeness (QED) is 0.773. The summed E-state index contributed by atoms with van der Waals surface area (Å²) in [6.45, 7) is 6.46. The molecule has 9 heteroatoms. The van der Waals surface area contributed by atoms with Crippen molar-refractivity contribution in [3.8, 4) is 0 Å². The molecule has 2 fully saturated rings. The molecule has 23 heavy (non-hydrogen) atoms. The lowest BCUT2D eigenvalue weighted by molar-refractivity contribution is -0.171. The Hall–Kier alpha value is -1.45. The van der Waals surface area contributed by atoms with Crippen LogP contribution in [-0.2, 0) is 19.6 Å². The van der Waals surface area contributed by atoms with Gasteiger partial charge in [0.2, 0.25) is 15.9 Å². The number of aromatic nitrogens is 1. The average Bonchev–Trinajstić information content (AvgIpc) is 2.72. The minimum absolute atomic E-state index is 0.00290. The number of amides is 1. The molecular weight excluding hydrogens is 322 g/mol. The minimum Gasteiger partial charge on any atom is -0.379 e. The monoisotopic (exact) mass is 343 g/mol. The maximum absolute atomic E-state index is 12.6. The maximum atomic E-state index is 12.6. The average molecular weight is 343 g/mol. The summed E-state index contributed by atoms with van der Waals surface area (Å²) in [7, 11) is -1.91. The largest absolute Gasteiger partial charge is 0.379 e. The van der Waals surface area contributed by atoms with E-state index in [4.69, 9.17) is 9.26 Å². The molecule has 2 saturated heterocycles. The zero-order chi connectivity index (χ0) is 17.0. The van der Waals surface area contributed by atoms with Crippen LogP contribution in [0.1, 0.15) is 18.4 Å². The van der Waals surface area contributed by atoms with Gasteiger partial charge in [-0.1, -0.05) is 5.16 Å². The normalized spacial score (nSPS) is 21.6. The van der Waals surface area contributed by atoms with Crippen molar-refractivity contribution in [3.05, 3.63) is 11.5 Å². The Kier molecular flexibility index (Phi) is 3.77. The van der Waals surface area contributed by atoms with Crippen LogP contribution in [0.5, 0.6) is 0 Å². The van der Waals surface area contributed by atoms with Crippen molar-refractivity contribution < 1.29 is 22.5 Å². The fourth-order valence-electron chi connectivity index (χ4n) is 2.95. The van der Waals surface area contributed by atoms with Crippen LogP contribution in [0.4, 0.5) is 0 Å². The Labute approximate surface area is 135 Å². The second-order valence-electron chi connectivity index (χ2n) is 6.60. The van der Waals surface area contributed by atoms with Gasteiger partial charge in [0, 0.05) is 20.1 Å². The van der Waals surface area contributed by atoms with Gasteiger partial charge in [-0.3, -0.25) is 4.79 Å². The number of carbonyl (C=O) groups excluding carboxylic acids is 1. The molecule has 0 saturated carbocycles. The van der Waals surface area contributed by atoms with E-state index in [1.165, 1.54) is 4.31 Å². The van der Waals surface area contributed by atoms with Crippen LogP contribution in [0, 0.1) is 19.3 Å². The first-order valence-electron chi connectivity index (χ1n) is 7.45. The molecule has 1 aromatic heterocycles. The van der Waals surface area contributed by atoms with E-state index in [1.807, 2.05) is 6.92 Å². The van der Waals surface area contributed by atoms with Crippen molar-refractivity contribution in [2.75, 3.05) is 33.4 Å². The van der Waals surface area contributed by atoms with Gasteiger partial charge in [0.25, 0.3) is 0 Å². The van der Waals surface area contributed by atoms with Crippen molar-refractivity contribution in [3.63, 3.8) is 0 Å². The molecule has 1 amide bonds. The Balaban J connectivity index is 1.68. The van der Waals surface area contributed by atoms with Crippen molar-refractivity contribution in [2.45, 2.75) is 31.7 Å². The number of sulfonamides is 1. The lowest BCUT2D eigenvalue weighted by Crippen LogP contribution is -2.64. The van der Waals surface area contributed by atoms with Crippen molar-refractivity contribution in [1.82, 2.24) is 14.4 Å². The van der Waals surface area contributed by atoms with Crippen LogP contribution in [0.2, 0.25) is 0 Å². The highest BCUT2D eigenvalue weighted by Gasteiger charge is 2.48. The van der Waals surface area contributed by atoms with E-state index in [0.29, 0.717) is 18.9 Å². The van der Waals surface area contributed by atoms with Gasteiger partial charge in [-0.15, -0.1) is 0 Å². The Morgan fingerprint density at radius 3 is 2.39 bits per heavy atom. The van der Waals surface area contributed by atoms with E-state index in [-0.39, 0.29) is 35.7 Å². The topological polar surface area (TPSA) is 93.0 Å². The number of ether oxygens (including phenoxy) is 1. The summed E-state index contributed by atoms with van der Waals surface area (Å²) in [4.78, 5) is 14.2. The van der Waals surface area contributed by atoms with Gasteiger partial charge < -0.3 is 14.2 Å². The Morgan fingerprint density at radius 2 is 1.96 bits per heavy atom. The fourth-order valence-corrected chi connectivity index (χ4v) is 4.76. The third-order valence-corrected chi connectivity index (χ3v) is 6.70. The standard InChI is InChI=1S/C14H21N3O5S/c1-9-12(10(2)22-15-9)23(19,20)17-5-11(6-17)16(4)13(18)14(3)7-21-8-14/h11H,5-8H2,1-4H3. The molecule has 0 aliphatic carbocycles. The molecule has 1 aromatic rings. The lowest BCUT2D eigenvalue weighted by atomic mass is 9.86. The van der Waals surface area contributed by atoms with Gasteiger partial charge in [-0.25, -0.2) is 8.42 Å². The van der Waals surface area contributed by atoms with E-state index < -0.39 is 15.4 Å². The number of hydrogen-bond donors (Lipinski definition) is 0. The first-order chi connectivity index (χ1) is 10.7. The van der Waals surface area contributed by atoms with Crippen molar-refractivity contribution >= 4 is 15.9 Å². The predicted molar refractivity (Wildman–Crippen MR) is 80.2 cm³/mol. The third-order valence-electron chi connectivity index (χ3n) is 4.62. The summed E-state index contributed by atoms with van der Waals surface area (Å²) in [5.74, 6) is 0.289. The molecule has 0 atom stereocenters. The molecule has 0 unspecified atom stereocenters. The molecule has 3 rings (SSSR count). The number of hydrogen-bond acceptors (Lipinski definition) is 6. The van der Waals surface area contributed by atoms with Crippen LogP contribution in [-0.4, -0.2) is 68.1 Å². The minimum atomic E-state index is -3.63. The zero-order valence-electron chi connectivity index (χ0n) is 13.7. The molecule has 0 bridgehead atoms. The summed E-state index contributed by atoms with van der Waals surface area (Å²) in [5, 5.41) is 3.70. The molecule has 0 radical (unpaired) electrons. The molecule has 0 spiro atoms. The second-order valence-corrected chi connectivity index (χ2v) is 8.47. The van der Waals surface area contributed by atoms with E-state index in [2.05, 4.69) is 5.16 Å². The molecule has 0 aromatic carbocycles. The van der Waals surface area contributed by atoms with Crippen LogP contribution in [0.3, 0.4) is 0 Å². The highest BCUT2D eigenvalue weighted by atomic mass is 32.2. The maximum Gasteiger partial charge on any atom is 0.248 e. The zero-order valence-corrected chi connectivity index (χ0v) is 14.5. The SMILES string of the molecule is Cc1noc(C)c1S(=O)(=O)N1CC(N(C)C(=O)C2(C)COC2)C1. The first kappa shape index (κ1) is 16.4. The molecule has 0 N–H and O–H groups in total. The summed E-state index contributed by atoms with van der Waals surface area (Å²) in [6.07, 6.45) is 0. The van der Waals surface area contributed by atoms with Crippen molar-refractivity contribution in [1.29, 1.82) is 0 Å². The van der Waals surface area contributed by atoms with Crippen LogP contribution >= 0.6 is 0 Å². The molecule has 2 aliphatic rings. The summed E-state index contributed by atoms with van der Waals surface area (Å²) >= 11 is 0. The molecule has 3 heterocycles. The van der Waals surface area contributed by atoms with Crippen LogP contribution in [0.25, 0.3) is 0 Å². The number of carbonyl (C=O) groups is 1. The van der Waals surface area contributed by atoms with Crippen molar-refractivity contribution in [2.24, 2.45) is 5.41 Å². The molecule has 2 aliphatic heterocycles. The van der Waals surface area contributed by atoms with E-state index >= 15 is 0 Å². The Bertz CT molecular complexity index is 712. The van der Waals surface area contributed by atoms with Gasteiger partial charge in [0.05, 0.1) is 24.7 Å². The number of aryl methyl sites for hydroxylation is 2. The third kappa shape index (κ3) is 2.47. The van der Waals surface area contributed by atoms with Crippen LogP contribution < -0.4 is 0 Å². The second kappa shape index (κ2) is 5.29. The van der Waals surface area contributed by atoms with Crippen LogP contribution in [0.15, 0.2) is 9.42 Å². The summed E-state index contributed by atoms with van der Waals surface area (Å²) < 4.78 is 36.7. The smallest absolute Gasteiger partial charge is 0.248 e. The van der Waals surface area contributed by atoms with Gasteiger partial charge in [-0.2, -0.15) is 4.31 Å². The van der Waals surface area contributed by atoms with Gasteiger partial charge >= 0.3 is 0 Å².